The molecule has 1 aliphatic heterocycles. The molecule has 0 bridgehead atoms. The maximum Gasteiger partial charge on any atom is 0.246 e. The highest BCUT2D eigenvalue weighted by molar-refractivity contribution is 7.13. The molecule has 0 aromatic carbocycles. The number of amides is 1. The molecular weight excluding hydrogens is 368 g/mol. The van der Waals surface area contributed by atoms with Gasteiger partial charge in [0.15, 0.2) is 0 Å². The average Bonchev–Trinajstić information content (AvgIpc) is 3.41. The summed E-state index contributed by atoms with van der Waals surface area (Å²) in [6.07, 6.45) is 3.54. The first kappa shape index (κ1) is 17.1. The molecule has 0 aliphatic carbocycles. The Bertz CT molecular complexity index is 863. The van der Waals surface area contributed by atoms with Crippen LogP contribution in [-0.2, 0) is 11.3 Å². The van der Waals surface area contributed by atoms with E-state index in [1.165, 1.54) is 0 Å². The summed E-state index contributed by atoms with van der Waals surface area (Å²) in [5.74, 6) is 1.32. The van der Waals surface area contributed by atoms with E-state index < -0.39 is 0 Å². The number of rotatable bonds is 5. The third-order valence-electron chi connectivity index (χ3n) is 4.19. The number of aromatic nitrogens is 2. The molecule has 0 unspecified atom stereocenters. The summed E-state index contributed by atoms with van der Waals surface area (Å²) < 4.78 is 5.36. The lowest BCUT2D eigenvalue weighted by molar-refractivity contribution is -0.127. The maximum atomic E-state index is 12.3. The van der Waals surface area contributed by atoms with Gasteiger partial charge in [0.2, 0.25) is 17.6 Å². The zero-order chi connectivity index (χ0) is 17.8. The molecule has 1 aliphatic rings. The lowest BCUT2D eigenvalue weighted by atomic mass is 10.3. The fraction of sp³-hybridized carbons (Fsp3) is 0.278. The van der Waals surface area contributed by atoms with Crippen molar-refractivity contribution in [3.05, 3.63) is 51.9 Å². The van der Waals surface area contributed by atoms with Crippen molar-refractivity contribution < 1.29 is 9.32 Å². The smallest absolute Gasteiger partial charge is 0.246 e. The van der Waals surface area contributed by atoms with Gasteiger partial charge in [-0.25, -0.2) is 0 Å². The van der Waals surface area contributed by atoms with Crippen LogP contribution in [0, 0.1) is 0 Å². The number of piperazine rings is 1. The molecule has 0 saturated carbocycles. The molecule has 1 saturated heterocycles. The Labute approximate surface area is 159 Å². The molecule has 0 spiro atoms. The predicted octanol–water partition coefficient (Wildman–Crippen LogP) is 3.22. The Hall–Kier alpha value is -2.29. The average molecular weight is 387 g/mol. The predicted molar refractivity (Wildman–Crippen MR) is 103 cm³/mol. The Morgan fingerprint density at radius 3 is 2.69 bits per heavy atom. The summed E-state index contributed by atoms with van der Waals surface area (Å²) in [7, 11) is 0. The number of carbonyl (C=O) groups is 1. The Balaban J connectivity index is 1.28. The number of hydrogen-bond acceptors (Lipinski definition) is 7. The van der Waals surface area contributed by atoms with Gasteiger partial charge in [-0.05, 0) is 29.0 Å². The van der Waals surface area contributed by atoms with Crippen LogP contribution in [0.4, 0.5) is 0 Å². The van der Waals surface area contributed by atoms with Gasteiger partial charge in [0.05, 0.1) is 11.4 Å². The molecular formula is C18H18N4O2S2. The second-order valence-corrected chi connectivity index (χ2v) is 7.87. The van der Waals surface area contributed by atoms with Crippen molar-refractivity contribution in [2.75, 3.05) is 26.2 Å². The third kappa shape index (κ3) is 4.09. The Morgan fingerprint density at radius 1 is 1.15 bits per heavy atom. The van der Waals surface area contributed by atoms with E-state index in [0.717, 1.165) is 22.8 Å². The molecule has 8 heteroatoms. The van der Waals surface area contributed by atoms with Crippen LogP contribution in [0.1, 0.15) is 10.8 Å². The number of carbonyl (C=O) groups excluding carboxylic acids is 1. The first-order valence-electron chi connectivity index (χ1n) is 8.37. The van der Waals surface area contributed by atoms with Gasteiger partial charge in [-0.3, -0.25) is 9.69 Å². The van der Waals surface area contributed by atoms with Gasteiger partial charge in [0.1, 0.15) is 0 Å². The van der Waals surface area contributed by atoms with Crippen molar-refractivity contribution >= 4 is 34.7 Å². The molecule has 3 aromatic rings. The Kier molecular flexibility index (Phi) is 5.24. The van der Waals surface area contributed by atoms with Gasteiger partial charge in [-0.1, -0.05) is 17.3 Å². The summed E-state index contributed by atoms with van der Waals surface area (Å²) in [6.45, 7) is 3.63. The quantitative estimate of drug-likeness (QED) is 0.630. The van der Waals surface area contributed by atoms with Crippen LogP contribution < -0.4 is 0 Å². The summed E-state index contributed by atoms with van der Waals surface area (Å²) in [5.41, 5.74) is 0. The topological polar surface area (TPSA) is 62.5 Å². The van der Waals surface area contributed by atoms with Crippen molar-refractivity contribution in [1.82, 2.24) is 19.9 Å². The molecule has 4 rings (SSSR count). The highest BCUT2D eigenvalue weighted by Crippen LogP contribution is 2.21. The molecule has 0 atom stereocenters. The SMILES string of the molecule is O=C(/C=C/c1cccs1)N1CCN(Cc2nc(-c3cccs3)no2)CC1. The maximum absolute atomic E-state index is 12.3. The molecule has 134 valence electrons. The number of thiophene rings is 2. The minimum atomic E-state index is 0.0656. The van der Waals surface area contributed by atoms with Crippen molar-refractivity contribution in [3.63, 3.8) is 0 Å². The lowest BCUT2D eigenvalue weighted by Crippen LogP contribution is -2.47. The second kappa shape index (κ2) is 7.94. The zero-order valence-corrected chi connectivity index (χ0v) is 15.7. The highest BCUT2D eigenvalue weighted by atomic mass is 32.1. The van der Waals surface area contributed by atoms with Crippen LogP contribution >= 0.6 is 22.7 Å². The molecule has 1 fully saturated rings. The minimum Gasteiger partial charge on any atom is -0.338 e. The first-order valence-corrected chi connectivity index (χ1v) is 10.1. The zero-order valence-electron chi connectivity index (χ0n) is 14.1. The minimum absolute atomic E-state index is 0.0656. The largest absolute Gasteiger partial charge is 0.338 e. The van der Waals surface area contributed by atoms with E-state index in [1.54, 1.807) is 28.7 Å². The van der Waals surface area contributed by atoms with E-state index in [0.29, 0.717) is 31.3 Å². The van der Waals surface area contributed by atoms with Crippen molar-refractivity contribution in [2.24, 2.45) is 0 Å². The molecule has 0 radical (unpaired) electrons. The summed E-state index contributed by atoms with van der Waals surface area (Å²) in [5, 5.41) is 8.04. The van der Waals surface area contributed by atoms with Crippen LogP contribution in [0.15, 0.2) is 45.6 Å². The molecule has 6 nitrogen and oxygen atoms in total. The van der Waals surface area contributed by atoms with Gasteiger partial charge >= 0.3 is 0 Å². The fourth-order valence-electron chi connectivity index (χ4n) is 2.79. The van der Waals surface area contributed by atoms with Crippen LogP contribution in [0.3, 0.4) is 0 Å². The molecule has 3 aromatic heterocycles. The number of nitrogens with zero attached hydrogens (tertiary/aromatic N) is 4. The van der Waals surface area contributed by atoms with Crippen molar-refractivity contribution in [3.8, 4) is 10.7 Å². The van der Waals surface area contributed by atoms with Gasteiger partial charge in [0, 0.05) is 37.1 Å². The van der Waals surface area contributed by atoms with E-state index in [4.69, 9.17) is 4.52 Å². The van der Waals surface area contributed by atoms with Crippen molar-refractivity contribution in [1.29, 1.82) is 0 Å². The van der Waals surface area contributed by atoms with E-state index in [1.807, 2.05) is 46.0 Å². The van der Waals surface area contributed by atoms with E-state index in [9.17, 15) is 4.79 Å². The fourth-order valence-corrected chi connectivity index (χ4v) is 4.05. The molecule has 4 heterocycles. The van der Waals surface area contributed by atoms with Gasteiger partial charge in [-0.2, -0.15) is 4.98 Å². The second-order valence-electron chi connectivity index (χ2n) is 5.94. The van der Waals surface area contributed by atoms with E-state index >= 15 is 0 Å². The van der Waals surface area contributed by atoms with Crippen LogP contribution in [-0.4, -0.2) is 52.0 Å². The highest BCUT2D eigenvalue weighted by Gasteiger charge is 2.21. The molecule has 0 N–H and O–H groups in total. The van der Waals surface area contributed by atoms with Crippen LogP contribution in [0.5, 0.6) is 0 Å². The van der Waals surface area contributed by atoms with Gasteiger partial charge < -0.3 is 9.42 Å². The van der Waals surface area contributed by atoms with Crippen molar-refractivity contribution in [2.45, 2.75) is 6.54 Å². The normalized spacial score (nSPS) is 15.8. The van der Waals surface area contributed by atoms with E-state index in [-0.39, 0.29) is 5.91 Å². The summed E-state index contributed by atoms with van der Waals surface area (Å²) in [6, 6.07) is 7.93. The number of hydrogen-bond donors (Lipinski definition) is 0. The Morgan fingerprint density at radius 2 is 1.96 bits per heavy atom. The molecule has 1 amide bonds. The van der Waals surface area contributed by atoms with Crippen LogP contribution in [0.2, 0.25) is 0 Å². The standard InChI is InChI=1S/C18H18N4O2S2/c23-17(6-5-14-3-1-11-25-14)22-9-7-21(8-10-22)13-16-19-18(20-24-16)15-4-2-12-26-15/h1-6,11-12H,7-10,13H2/b6-5+. The van der Waals surface area contributed by atoms with Gasteiger partial charge in [-0.15, -0.1) is 22.7 Å². The first-order chi connectivity index (χ1) is 12.8. The summed E-state index contributed by atoms with van der Waals surface area (Å²) >= 11 is 3.22. The van der Waals surface area contributed by atoms with Gasteiger partial charge in [0.25, 0.3) is 0 Å². The lowest BCUT2D eigenvalue weighted by Gasteiger charge is -2.33. The monoisotopic (exact) mass is 386 g/mol. The summed E-state index contributed by atoms with van der Waals surface area (Å²) in [4.78, 5) is 23.0. The van der Waals surface area contributed by atoms with E-state index in [2.05, 4.69) is 15.0 Å². The van der Waals surface area contributed by atoms with Crippen LogP contribution in [0.25, 0.3) is 16.8 Å². The molecule has 26 heavy (non-hydrogen) atoms. The third-order valence-corrected chi connectivity index (χ3v) is 5.89.